The molecule has 1 heterocycles. The molecule has 18 heavy (non-hydrogen) atoms. The van der Waals surface area contributed by atoms with E-state index in [0.29, 0.717) is 0 Å². The first-order valence-corrected chi connectivity index (χ1v) is 7.34. The van der Waals surface area contributed by atoms with Crippen LogP contribution in [0.3, 0.4) is 0 Å². The van der Waals surface area contributed by atoms with Gasteiger partial charge in [-0.2, -0.15) is 0 Å². The molecule has 0 aliphatic heterocycles. The number of nitrogens with zero attached hydrogens (tertiary/aromatic N) is 2. The number of benzene rings is 1. The van der Waals surface area contributed by atoms with Crippen molar-refractivity contribution in [2.45, 2.75) is 4.90 Å². The highest BCUT2D eigenvalue weighted by molar-refractivity contribution is 7.90. The Morgan fingerprint density at radius 2 is 2.06 bits per heavy atom. The molecule has 2 rings (SSSR count). The first-order valence-electron chi connectivity index (χ1n) is 4.56. The summed E-state index contributed by atoms with van der Waals surface area (Å²) in [5, 5.41) is 10.8. The van der Waals surface area contributed by atoms with Gasteiger partial charge in [0.1, 0.15) is 4.70 Å². The third-order valence-corrected chi connectivity index (χ3v) is 4.21. The topological polar surface area (TPSA) is 107 Å². The number of hydrogen-bond donors (Lipinski definition) is 0. The second kappa shape index (κ2) is 4.10. The maximum atomic E-state index is 11.5. The van der Waals surface area contributed by atoms with Crippen LogP contribution in [-0.4, -0.2) is 24.6 Å². The quantitative estimate of drug-likeness (QED) is 0.601. The Balaban J connectivity index is 3.02. The van der Waals surface area contributed by atoms with Gasteiger partial charge in [0.2, 0.25) is 0 Å². The molecule has 9 heteroatoms. The Kier molecular flexibility index (Phi) is 2.87. The average molecular weight is 286 g/mol. The highest BCUT2D eigenvalue weighted by atomic mass is 32.2. The number of non-ortho nitro benzene ring substituents is 1. The lowest BCUT2D eigenvalue weighted by molar-refractivity contribution is -0.383. The van der Waals surface area contributed by atoms with Gasteiger partial charge in [0.25, 0.3) is 11.2 Å². The summed E-state index contributed by atoms with van der Waals surface area (Å²) in [7, 11) is -3.63. The minimum absolute atomic E-state index is 0.0582. The van der Waals surface area contributed by atoms with Gasteiger partial charge in [-0.25, -0.2) is 13.4 Å². The van der Waals surface area contributed by atoms with Crippen molar-refractivity contribution >= 4 is 36.9 Å². The van der Waals surface area contributed by atoms with E-state index < -0.39 is 26.0 Å². The van der Waals surface area contributed by atoms with Crippen LogP contribution in [0.4, 0.5) is 5.69 Å². The van der Waals surface area contributed by atoms with Crippen LogP contribution in [0, 0.1) is 10.1 Å². The van der Waals surface area contributed by atoms with Gasteiger partial charge < -0.3 is 0 Å². The van der Waals surface area contributed by atoms with Gasteiger partial charge in [0.05, 0.1) is 20.7 Å². The molecule has 1 aromatic heterocycles. The Hall–Kier alpha value is -1.87. The fourth-order valence-corrected chi connectivity index (χ4v) is 2.86. The zero-order valence-electron chi connectivity index (χ0n) is 8.98. The van der Waals surface area contributed by atoms with E-state index >= 15 is 0 Å². The monoisotopic (exact) mass is 286 g/mol. The molecule has 0 bridgehead atoms. The Morgan fingerprint density at radius 1 is 1.39 bits per heavy atom. The van der Waals surface area contributed by atoms with E-state index in [0.717, 1.165) is 29.7 Å². The lowest BCUT2D eigenvalue weighted by Gasteiger charge is -2.01. The van der Waals surface area contributed by atoms with Crippen molar-refractivity contribution in [3.63, 3.8) is 0 Å². The SMILES string of the molecule is CS(=O)(=O)c1cc([N+](=O)[O-])c2scnc(=O)c2c1. The Labute approximate surface area is 105 Å². The van der Waals surface area contributed by atoms with E-state index in [1.54, 1.807) is 0 Å². The third-order valence-electron chi connectivity index (χ3n) is 2.24. The van der Waals surface area contributed by atoms with Crippen LogP contribution in [-0.2, 0) is 9.84 Å². The first kappa shape index (κ1) is 12.6. The van der Waals surface area contributed by atoms with Crippen molar-refractivity contribution in [1.82, 2.24) is 4.98 Å². The van der Waals surface area contributed by atoms with E-state index in [9.17, 15) is 23.3 Å². The molecule has 0 atom stereocenters. The zero-order valence-corrected chi connectivity index (χ0v) is 10.6. The van der Waals surface area contributed by atoms with E-state index in [1.165, 1.54) is 5.51 Å². The summed E-state index contributed by atoms with van der Waals surface area (Å²) in [5.41, 5.74) is 0.104. The van der Waals surface area contributed by atoms with Gasteiger partial charge in [-0.3, -0.25) is 14.9 Å². The highest BCUT2D eigenvalue weighted by Crippen LogP contribution is 2.29. The summed E-state index contributed by atoms with van der Waals surface area (Å²) >= 11 is 0.918. The normalized spacial score (nSPS) is 11.6. The van der Waals surface area contributed by atoms with Gasteiger partial charge in [-0.05, 0) is 6.07 Å². The van der Waals surface area contributed by atoms with Crippen LogP contribution >= 0.6 is 11.3 Å². The molecule has 0 N–H and O–H groups in total. The Morgan fingerprint density at radius 3 is 2.61 bits per heavy atom. The number of aromatic nitrogens is 1. The third kappa shape index (κ3) is 2.09. The summed E-state index contributed by atoms with van der Waals surface area (Å²) < 4.78 is 23.0. The van der Waals surface area contributed by atoms with Crippen molar-refractivity contribution in [2.75, 3.05) is 6.26 Å². The first-order chi connectivity index (χ1) is 8.30. The smallest absolute Gasteiger partial charge is 0.267 e. The number of hydrogen-bond acceptors (Lipinski definition) is 7. The predicted molar refractivity (Wildman–Crippen MR) is 65.7 cm³/mol. The molecule has 0 amide bonds. The standard InChI is InChI=1S/C9H6N2O5S2/c1-18(15,16)5-2-6-8(7(3-5)11(13)14)17-4-10-9(6)12/h2-4H,1H3. The molecule has 0 aliphatic rings. The fourth-order valence-electron chi connectivity index (χ4n) is 1.42. The van der Waals surface area contributed by atoms with Gasteiger partial charge >= 0.3 is 0 Å². The van der Waals surface area contributed by atoms with Crippen LogP contribution in [0.1, 0.15) is 0 Å². The number of rotatable bonds is 2. The lowest BCUT2D eigenvalue weighted by Crippen LogP contribution is -2.07. The molecule has 7 nitrogen and oxygen atoms in total. The maximum Gasteiger partial charge on any atom is 0.288 e. The van der Waals surface area contributed by atoms with Crippen molar-refractivity contribution in [3.05, 3.63) is 38.1 Å². The molecular weight excluding hydrogens is 280 g/mol. The summed E-state index contributed by atoms with van der Waals surface area (Å²) in [6, 6.07) is 2.07. The minimum Gasteiger partial charge on any atom is -0.267 e. The molecule has 0 fully saturated rings. The molecule has 0 saturated carbocycles. The predicted octanol–water partition coefficient (Wildman–Crippen LogP) is 0.968. The lowest BCUT2D eigenvalue weighted by atomic mass is 10.2. The van der Waals surface area contributed by atoms with Crippen LogP contribution in [0.5, 0.6) is 0 Å². The summed E-state index contributed by atoms with van der Waals surface area (Å²) in [5.74, 6) is 0. The molecule has 0 spiro atoms. The average Bonchev–Trinajstić information content (AvgIpc) is 2.27. The van der Waals surface area contributed by atoms with Crippen LogP contribution in [0.2, 0.25) is 0 Å². The van der Waals surface area contributed by atoms with E-state index in [4.69, 9.17) is 0 Å². The second-order valence-electron chi connectivity index (χ2n) is 3.51. The van der Waals surface area contributed by atoms with Gasteiger partial charge in [0, 0.05) is 12.3 Å². The maximum absolute atomic E-state index is 11.5. The summed E-state index contributed by atoms with van der Waals surface area (Å²) in [6.45, 7) is 0. The van der Waals surface area contributed by atoms with E-state index in [-0.39, 0.29) is 15.0 Å². The molecule has 1 aromatic carbocycles. The molecule has 0 aliphatic carbocycles. The highest BCUT2D eigenvalue weighted by Gasteiger charge is 2.20. The van der Waals surface area contributed by atoms with Gasteiger partial charge in [-0.15, -0.1) is 11.3 Å². The van der Waals surface area contributed by atoms with Gasteiger partial charge in [0.15, 0.2) is 9.84 Å². The molecular formula is C9H6N2O5S2. The van der Waals surface area contributed by atoms with Crippen LogP contribution in [0.25, 0.3) is 10.1 Å². The van der Waals surface area contributed by atoms with Crippen molar-refractivity contribution in [2.24, 2.45) is 0 Å². The number of nitro groups is 1. The molecule has 94 valence electrons. The van der Waals surface area contributed by atoms with Crippen LogP contribution in [0.15, 0.2) is 27.3 Å². The minimum atomic E-state index is -3.63. The largest absolute Gasteiger partial charge is 0.288 e. The Bertz CT molecular complexity index is 809. The molecule has 2 aromatic rings. The summed E-state index contributed by atoms with van der Waals surface area (Å²) in [6.07, 6.45) is 0.919. The molecule has 0 unspecified atom stereocenters. The number of fused-ring (bicyclic) bond motifs is 1. The number of sulfone groups is 1. The van der Waals surface area contributed by atoms with E-state index in [2.05, 4.69) is 4.98 Å². The fraction of sp³-hybridized carbons (Fsp3) is 0.111. The zero-order chi connectivity index (χ0) is 13.5. The van der Waals surface area contributed by atoms with E-state index in [1.807, 2.05) is 0 Å². The van der Waals surface area contributed by atoms with Crippen molar-refractivity contribution < 1.29 is 13.3 Å². The summed E-state index contributed by atoms with van der Waals surface area (Å²) in [4.78, 5) is 24.9. The second-order valence-corrected chi connectivity index (χ2v) is 6.38. The van der Waals surface area contributed by atoms with Crippen molar-refractivity contribution in [1.29, 1.82) is 0 Å². The van der Waals surface area contributed by atoms with Crippen LogP contribution < -0.4 is 5.56 Å². The number of nitro benzene ring substituents is 1. The molecule has 0 radical (unpaired) electrons. The molecule has 0 saturated heterocycles. The van der Waals surface area contributed by atoms with Crippen molar-refractivity contribution in [3.8, 4) is 0 Å². The van der Waals surface area contributed by atoms with Gasteiger partial charge in [-0.1, -0.05) is 0 Å².